The molecule has 1 heterocycles. The molecule has 0 bridgehead atoms. The normalized spacial score (nSPS) is 18.6. The van der Waals surface area contributed by atoms with Crippen molar-refractivity contribution in [3.8, 4) is 0 Å². The molecule has 0 aliphatic carbocycles. The number of benzene rings is 1. The first kappa shape index (κ1) is 11.3. The van der Waals surface area contributed by atoms with E-state index in [9.17, 15) is 4.79 Å². The van der Waals surface area contributed by atoms with Crippen LogP contribution in [0.3, 0.4) is 0 Å². The number of ether oxygens (including phenoxy) is 2. The Morgan fingerprint density at radius 2 is 2.19 bits per heavy atom. The Morgan fingerprint density at radius 1 is 1.44 bits per heavy atom. The lowest BCUT2D eigenvalue weighted by molar-refractivity contribution is -0.108. The Hall–Kier alpha value is -1.19. The minimum atomic E-state index is -0.233. The first-order valence-corrected chi connectivity index (χ1v) is 5.58. The molecule has 1 aromatic rings. The van der Waals surface area contributed by atoms with Gasteiger partial charge in [-0.2, -0.15) is 0 Å². The van der Waals surface area contributed by atoms with Gasteiger partial charge in [-0.05, 0) is 11.5 Å². The molecule has 1 aromatic carbocycles. The molecule has 1 atom stereocenters. The highest BCUT2D eigenvalue weighted by atomic mass is 16.7. The third kappa shape index (κ3) is 2.49. The molecule has 1 aliphatic heterocycles. The second-order valence-electron chi connectivity index (χ2n) is 4.05. The maximum absolute atomic E-state index is 10.5. The van der Waals surface area contributed by atoms with Crippen molar-refractivity contribution >= 4 is 6.29 Å². The van der Waals surface area contributed by atoms with Crippen LogP contribution in [-0.4, -0.2) is 19.5 Å². The van der Waals surface area contributed by atoms with E-state index in [2.05, 4.69) is 6.07 Å². The zero-order valence-electron chi connectivity index (χ0n) is 9.39. The monoisotopic (exact) mass is 220 g/mol. The molecule has 0 spiro atoms. The summed E-state index contributed by atoms with van der Waals surface area (Å²) in [5.74, 6) is 0.249. The fourth-order valence-electron chi connectivity index (χ4n) is 1.84. The highest BCUT2D eigenvalue weighted by Crippen LogP contribution is 2.26. The van der Waals surface area contributed by atoms with Gasteiger partial charge in [0.1, 0.15) is 6.29 Å². The van der Waals surface area contributed by atoms with Gasteiger partial charge in [0.2, 0.25) is 0 Å². The summed E-state index contributed by atoms with van der Waals surface area (Å²) in [5, 5.41) is 0. The van der Waals surface area contributed by atoms with E-state index in [-0.39, 0.29) is 12.2 Å². The highest BCUT2D eigenvalue weighted by Gasteiger charge is 2.18. The van der Waals surface area contributed by atoms with Crippen LogP contribution in [0.15, 0.2) is 24.3 Å². The van der Waals surface area contributed by atoms with E-state index in [0.717, 1.165) is 17.4 Å². The van der Waals surface area contributed by atoms with Gasteiger partial charge < -0.3 is 14.3 Å². The molecular formula is C13H16O3. The van der Waals surface area contributed by atoms with E-state index < -0.39 is 0 Å². The molecule has 0 saturated carbocycles. The Morgan fingerprint density at radius 3 is 2.88 bits per heavy atom. The van der Waals surface area contributed by atoms with Crippen molar-refractivity contribution in [2.45, 2.75) is 25.6 Å². The van der Waals surface area contributed by atoms with Crippen LogP contribution in [0.5, 0.6) is 0 Å². The Balaban J connectivity index is 2.15. The molecule has 1 saturated heterocycles. The van der Waals surface area contributed by atoms with Crippen LogP contribution in [0.25, 0.3) is 0 Å². The fourth-order valence-corrected chi connectivity index (χ4v) is 1.84. The van der Waals surface area contributed by atoms with Crippen LogP contribution in [0.1, 0.15) is 36.7 Å². The van der Waals surface area contributed by atoms with E-state index in [4.69, 9.17) is 9.47 Å². The first-order valence-electron chi connectivity index (χ1n) is 5.58. The third-order valence-corrected chi connectivity index (χ3v) is 2.82. The zero-order chi connectivity index (χ0) is 11.4. The summed E-state index contributed by atoms with van der Waals surface area (Å²) >= 11 is 0. The van der Waals surface area contributed by atoms with Crippen LogP contribution < -0.4 is 0 Å². The molecule has 0 aromatic heterocycles. The Kier molecular flexibility index (Phi) is 3.70. The van der Waals surface area contributed by atoms with E-state index in [1.165, 1.54) is 0 Å². The lowest BCUT2D eigenvalue weighted by Gasteiger charge is -2.13. The van der Waals surface area contributed by atoms with Crippen molar-refractivity contribution in [1.29, 1.82) is 0 Å². The van der Waals surface area contributed by atoms with E-state index in [1.807, 2.05) is 25.1 Å². The van der Waals surface area contributed by atoms with Gasteiger partial charge in [-0.3, -0.25) is 0 Å². The van der Waals surface area contributed by atoms with Crippen LogP contribution in [-0.2, 0) is 14.3 Å². The molecule has 0 radical (unpaired) electrons. The smallest absolute Gasteiger partial charge is 0.184 e. The molecule has 0 amide bonds. The summed E-state index contributed by atoms with van der Waals surface area (Å²) in [6, 6.07) is 8.07. The number of rotatable bonds is 4. The van der Waals surface area contributed by atoms with Crippen molar-refractivity contribution in [3.05, 3.63) is 35.4 Å². The van der Waals surface area contributed by atoms with Crippen LogP contribution in [0.4, 0.5) is 0 Å². The molecule has 86 valence electrons. The van der Waals surface area contributed by atoms with Gasteiger partial charge in [-0.15, -0.1) is 0 Å². The van der Waals surface area contributed by atoms with Crippen molar-refractivity contribution < 1.29 is 14.3 Å². The van der Waals surface area contributed by atoms with Gasteiger partial charge in [-0.25, -0.2) is 0 Å². The number of carbonyl (C=O) groups excluding carboxylic acids is 1. The summed E-state index contributed by atoms with van der Waals surface area (Å²) in [5.41, 5.74) is 2.19. The number of hydrogen-bond donors (Lipinski definition) is 0. The fraction of sp³-hybridized carbons (Fsp3) is 0.462. The van der Waals surface area contributed by atoms with Crippen LogP contribution >= 0.6 is 0 Å². The van der Waals surface area contributed by atoms with Crippen LogP contribution in [0.2, 0.25) is 0 Å². The molecule has 0 N–H and O–H groups in total. The quantitative estimate of drug-likeness (QED) is 0.731. The molecule has 3 heteroatoms. The second kappa shape index (κ2) is 5.23. The average Bonchev–Trinajstić information content (AvgIpc) is 2.83. The average molecular weight is 220 g/mol. The molecule has 1 fully saturated rings. The summed E-state index contributed by atoms with van der Waals surface area (Å²) in [6.45, 7) is 3.35. The zero-order valence-corrected chi connectivity index (χ0v) is 9.39. The number of aldehydes is 1. The van der Waals surface area contributed by atoms with Crippen molar-refractivity contribution in [2.75, 3.05) is 13.2 Å². The van der Waals surface area contributed by atoms with Crippen molar-refractivity contribution in [1.82, 2.24) is 0 Å². The third-order valence-electron chi connectivity index (χ3n) is 2.82. The molecule has 1 unspecified atom stereocenters. The molecule has 1 aliphatic rings. The Bertz CT molecular complexity index is 356. The highest BCUT2D eigenvalue weighted by molar-refractivity contribution is 5.51. The van der Waals surface area contributed by atoms with E-state index in [1.54, 1.807) is 0 Å². The lowest BCUT2D eigenvalue weighted by Crippen LogP contribution is -2.01. The number of carbonyl (C=O) groups is 1. The molecule has 3 nitrogen and oxygen atoms in total. The summed E-state index contributed by atoms with van der Waals surface area (Å²) in [4.78, 5) is 10.5. The van der Waals surface area contributed by atoms with Crippen molar-refractivity contribution in [2.24, 2.45) is 0 Å². The van der Waals surface area contributed by atoms with Gasteiger partial charge in [0.25, 0.3) is 0 Å². The minimum absolute atomic E-state index is 0.233. The van der Waals surface area contributed by atoms with Crippen molar-refractivity contribution in [3.63, 3.8) is 0 Å². The maximum atomic E-state index is 10.5. The van der Waals surface area contributed by atoms with Crippen LogP contribution in [0, 0.1) is 0 Å². The first-order chi connectivity index (χ1) is 7.81. The van der Waals surface area contributed by atoms with Gasteiger partial charge in [0.05, 0.1) is 13.2 Å². The molecule has 16 heavy (non-hydrogen) atoms. The summed E-state index contributed by atoms with van der Waals surface area (Å²) in [7, 11) is 0. The minimum Gasteiger partial charge on any atom is -0.346 e. The van der Waals surface area contributed by atoms with E-state index >= 15 is 0 Å². The largest absolute Gasteiger partial charge is 0.346 e. The predicted molar refractivity (Wildman–Crippen MR) is 60.2 cm³/mol. The number of hydrogen-bond acceptors (Lipinski definition) is 3. The SMILES string of the molecule is CC(CC=O)c1cccc(C2OCCO2)c1. The summed E-state index contributed by atoms with van der Waals surface area (Å²) in [6.07, 6.45) is 1.28. The van der Waals surface area contributed by atoms with E-state index in [0.29, 0.717) is 19.6 Å². The molecular weight excluding hydrogens is 204 g/mol. The van der Waals surface area contributed by atoms with Gasteiger partial charge >= 0.3 is 0 Å². The van der Waals surface area contributed by atoms with Gasteiger partial charge in [-0.1, -0.05) is 31.2 Å². The second-order valence-corrected chi connectivity index (χ2v) is 4.05. The lowest BCUT2D eigenvalue weighted by atomic mass is 9.96. The Labute approximate surface area is 95.4 Å². The maximum Gasteiger partial charge on any atom is 0.184 e. The predicted octanol–water partition coefficient (Wildman–Crippen LogP) is 2.42. The van der Waals surface area contributed by atoms with Gasteiger partial charge in [0.15, 0.2) is 6.29 Å². The topological polar surface area (TPSA) is 35.5 Å². The standard InChI is InChI=1S/C13H16O3/c1-10(5-6-14)11-3-2-4-12(9-11)13-15-7-8-16-13/h2-4,6,9-10,13H,5,7-8H2,1H3. The molecule has 2 rings (SSSR count). The summed E-state index contributed by atoms with van der Waals surface area (Å²) < 4.78 is 10.9. The van der Waals surface area contributed by atoms with Gasteiger partial charge in [0, 0.05) is 12.0 Å².